The highest BCUT2D eigenvalue weighted by molar-refractivity contribution is 5.93. The highest BCUT2D eigenvalue weighted by Gasteiger charge is 2.22. The van der Waals surface area contributed by atoms with Gasteiger partial charge in [-0.3, -0.25) is 4.79 Å². The van der Waals surface area contributed by atoms with Gasteiger partial charge < -0.3 is 10.1 Å². The SMILES string of the molecule is COCc1ccccc1NC(=O)C1CCCC1. The summed E-state index contributed by atoms with van der Waals surface area (Å²) >= 11 is 0. The van der Waals surface area contributed by atoms with E-state index in [1.165, 1.54) is 12.8 Å². The van der Waals surface area contributed by atoms with Gasteiger partial charge in [0.05, 0.1) is 6.61 Å². The first-order chi connectivity index (χ1) is 8.31. The van der Waals surface area contributed by atoms with Crippen LogP contribution in [0.5, 0.6) is 0 Å². The molecule has 0 spiro atoms. The summed E-state index contributed by atoms with van der Waals surface area (Å²) in [5.74, 6) is 0.358. The Balaban J connectivity index is 2.04. The zero-order valence-corrected chi connectivity index (χ0v) is 10.2. The monoisotopic (exact) mass is 233 g/mol. The number of hydrogen-bond donors (Lipinski definition) is 1. The predicted octanol–water partition coefficient (Wildman–Crippen LogP) is 2.96. The molecular formula is C14H19NO2. The number of anilines is 1. The van der Waals surface area contributed by atoms with E-state index in [1.807, 2.05) is 24.3 Å². The molecule has 0 bridgehead atoms. The minimum absolute atomic E-state index is 0.158. The maximum absolute atomic E-state index is 12.0. The van der Waals surface area contributed by atoms with Gasteiger partial charge in [-0.1, -0.05) is 31.0 Å². The van der Waals surface area contributed by atoms with Gasteiger partial charge in [0.2, 0.25) is 5.91 Å². The topological polar surface area (TPSA) is 38.3 Å². The number of carbonyl (C=O) groups is 1. The summed E-state index contributed by atoms with van der Waals surface area (Å²) < 4.78 is 5.12. The summed E-state index contributed by atoms with van der Waals surface area (Å²) in [5.41, 5.74) is 1.91. The number of rotatable bonds is 4. The third kappa shape index (κ3) is 3.07. The lowest BCUT2D eigenvalue weighted by Gasteiger charge is -2.13. The van der Waals surface area contributed by atoms with Crippen LogP contribution in [-0.2, 0) is 16.1 Å². The van der Waals surface area contributed by atoms with Gasteiger partial charge in [-0.15, -0.1) is 0 Å². The fraction of sp³-hybridized carbons (Fsp3) is 0.500. The lowest BCUT2D eigenvalue weighted by molar-refractivity contribution is -0.119. The van der Waals surface area contributed by atoms with Crippen LogP contribution in [0.15, 0.2) is 24.3 Å². The number of carbonyl (C=O) groups excluding carboxylic acids is 1. The number of amides is 1. The van der Waals surface area contributed by atoms with Crippen molar-refractivity contribution in [3.63, 3.8) is 0 Å². The molecule has 1 aromatic carbocycles. The summed E-state index contributed by atoms with van der Waals surface area (Å²) in [6.07, 6.45) is 4.41. The second-order valence-corrected chi connectivity index (χ2v) is 4.56. The van der Waals surface area contributed by atoms with Crippen molar-refractivity contribution in [1.82, 2.24) is 0 Å². The van der Waals surface area contributed by atoms with Crippen LogP contribution in [0.4, 0.5) is 5.69 Å². The Morgan fingerprint density at radius 3 is 2.76 bits per heavy atom. The Kier molecular flexibility index (Phi) is 4.15. The number of methoxy groups -OCH3 is 1. The molecule has 3 heteroatoms. The summed E-state index contributed by atoms with van der Waals surface area (Å²) in [6, 6.07) is 7.80. The van der Waals surface area contributed by atoms with Gasteiger partial charge in [0, 0.05) is 24.3 Å². The molecule has 1 amide bonds. The molecule has 0 saturated heterocycles. The maximum Gasteiger partial charge on any atom is 0.227 e. The van der Waals surface area contributed by atoms with Gasteiger partial charge >= 0.3 is 0 Å². The van der Waals surface area contributed by atoms with Crippen molar-refractivity contribution in [2.75, 3.05) is 12.4 Å². The molecule has 0 heterocycles. The molecule has 2 rings (SSSR count). The minimum atomic E-state index is 0.158. The molecule has 1 aromatic rings. The maximum atomic E-state index is 12.0. The first-order valence-corrected chi connectivity index (χ1v) is 6.19. The van der Waals surface area contributed by atoms with Crippen LogP contribution in [0.3, 0.4) is 0 Å². The van der Waals surface area contributed by atoms with E-state index in [-0.39, 0.29) is 11.8 Å². The first kappa shape index (κ1) is 12.1. The van der Waals surface area contributed by atoms with E-state index in [9.17, 15) is 4.79 Å². The van der Waals surface area contributed by atoms with Crippen molar-refractivity contribution >= 4 is 11.6 Å². The zero-order valence-electron chi connectivity index (χ0n) is 10.2. The molecule has 1 aliphatic rings. The van der Waals surface area contributed by atoms with Crippen LogP contribution in [0.1, 0.15) is 31.2 Å². The second-order valence-electron chi connectivity index (χ2n) is 4.56. The van der Waals surface area contributed by atoms with Crippen LogP contribution in [-0.4, -0.2) is 13.0 Å². The summed E-state index contributed by atoms with van der Waals surface area (Å²) in [7, 11) is 1.66. The van der Waals surface area contributed by atoms with Gasteiger partial charge in [0.25, 0.3) is 0 Å². The average molecular weight is 233 g/mol. The van der Waals surface area contributed by atoms with E-state index in [0.717, 1.165) is 24.1 Å². The molecular weight excluding hydrogens is 214 g/mol. The Bertz CT molecular complexity index is 384. The normalized spacial score (nSPS) is 16.1. The predicted molar refractivity (Wildman–Crippen MR) is 67.7 cm³/mol. The molecule has 0 radical (unpaired) electrons. The van der Waals surface area contributed by atoms with E-state index < -0.39 is 0 Å². The lowest BCUT2D eigenvalue weighted by Crippen LogP contribution is -2.21. The Morgan fingerprint density at radius 2 is 2.06 bits per heavy atom. The lowest BCUT2D eigenvalue weighted by atomic mass is 10.1. The number of nitrogens with one attached hydrogen (secondary N) is 1. The van der Waals surface area contributed by atoms with Crippen molar-refractivity contribution in [3.8, 4) is 0 Å². The fourth-order valence-electron chi connectivity index (χ4n) is 2.35. The largest absolute Gasteiger partial charge is 0.380 e. The van der Waals surface area contributed by atoms with E-state index >= 15 is 0 Å². The number of hydrogen-bond acceptors (Lipinski definition) is 2. The second kappa shape index (κ2) is 5.82. The molecule has 1 aliphatic carbocycles. The first-order valence-electron chi connectivity index (χ1n) is 6.19. The smallest absolute Gasteiger partial charge is 0.227 e. The van der Waals surface area contributed by atoms with E-state index in [4.69, 9.17) is 4.74 Å². The van der Waals surface area contributed by atoms with E-state index in [0.29, 0.717) is 6.61 Å². The summed E-state index contributed by atoms with van der Waals surface area (Å²) in [6.45, 7) is 0.529. The Hall–Kier alpha value is -1.35. The average Bonchev–Trinajstić information content (AvgIpc) is 2.85. The fourth-order valence-corrected chi connectivity index (χ4v) is 2.35. The molecule has 3 nitrogen and oxygen atoms in total. The van der Waals surface area contributed by atoms with Gasteiger partial charge in [0.15, 0.2) is 0 Å². The van der Waals surface area contributed by atoms with Crippen LogP contribution >= 0.6 is 0 Å². The van der Waals surface area contributed by atoms with Crippen molar-refractivity contribution in [3.05, 3.63) is 29.8 Å². The van der Waals surface area contributed by atoms with Crippen molar-refractivity contribution < 1.29 is 9.53 Å². The summed E-state index contributed by atoms with van der Waals surface area (Å²) in [5, 5.41) is 3.02. The molecule has 0 unspecified atom stereocenters. The molecule has 1 N–H and O–H groups in total. The third-order valence-corrected chi connectivity index (χ3v) is 3.30. The highest BCUT2D eigenvalue weighted by atomic mass is 16.5. The zero-order chi connectivity index (χ0) is 12.1. The van der Waals surface area contributed by atoms with Gasteiger partial charge in [0.1, 0.15) is 0 Å². The molecule has 0 aliphatic heterocycles. The van der Waals surface area contributed by atoms with Gasteiger partial charge in [-0.05, 0) is 18.9 Å². The standard InChI is InChI=1S/C14H19NO2/c1-17-10-12-8-4-5-9-13(12)15-14(16)11-6-2-3-7-11/h4-5,8-9,11H,2-3,6-7,10H2,1H3,(H,15,16). The molecule has 0 aromatic heterocycles. The van der Waals surface area contributed by atoms with Crippen LogP contribution in [0, 0.1) is 5.92 Å². The minimum Gasteiger partial charge on any atom is -0.380 e. The van der Waals surface area contributed by atoms with E-state index in [1.54, 1.807) is 7.11 Å². The highest BCUT2D eigenvalue weighted by Crippen LogP contribution is 2.26. The van der Waals surface area contributed by atoms with E-state index in [2.05, 4.69) is 5.32 Å². The van der Waals surface area contributed by atoms with Gasteiger partial charge in [-0.25, -0.2) is 0 Å². The molecule has 17 heavy (non-hydrogen) atoms. The quantitative estimate of drug-likeness (QED) is 0.868. The number of benzene rings is 1. The van der Waals surface area contributed by atoms with Crippen molar-refractivity contribution in [2.45, 2.75) is 32.3 Å². The third-order valence-electron chi connectivity index (χ3n) is 3.30. The van der Waals surface area contributed by atoms with Crippen LogP contribution in [0.25, 0.3) is 0 Å². The van der Waals surface area contributed by atoms with Crippen molar-refractivity contribution in [2.24, 2.45) is 5.92 Å². The van der Waals surface area contributed by atoms with Crippen LogP contribution < -0.4 is 5.32 Å². The molecule has 1 saturated carbocycles. The molecule has 0 atom stereocenters. The van der Waals surface area contributed by atoms with Crippen molar-refractivity contribution in [1.29, 1.82) is 0 Å². The van der Waals surface area contributed by atoms with Gasteiger partial charge in [-0.2, -0.15) is 0 Å². The molecule has 92 valence electrons. The number of para-hydroxylation sites is 1. The summed E-state index contributed by atoms with van der Waals surface area (Å²) in [4.78, 5) is 12.0. The molecule has 1 fully saturated rings. The van der Waals surface area contributed by atoms with Crippen LogP contribution in [0.2, 0.25) is 0 Å². The Labute approximate surface area is 102 Å². The number of ether oxygens (including phenoxy) is 1. The Morgan fingerprint density at radius 1 is 1.35 bits per heavy atom.